The van der Waals surface area contributed by atoms with Gasteiger partial charge in [0.2, 0.25) is 5.91 Å². The number of carbonyl (C=O) groups is 2. The quantitative estimate of drug-likeness (QED) is 0.405. The number of amides is 2. The standard InChI is InChI=1S/C23H20Cl2N2O2S/c1-14-5-3-6-16(9-14)23(29)26-19-7-4-8-21(13-19)30-15(2)22(28)27-20-11-17(24)10-18(25)12-20/h3-13,15H,1-2H3,(H,26,29)(H,27,28). The first kappa shape index (κ1) is 22.2. The minimum Gasteiger partial charge on any atom is -0.325 e. The van der Waals surface area contributed by atoms with Crippen molar-refractivity contribution in [1.82, 2.24) is 0 Å². The molecule has 0 saturated heterocycles. The van der Waals surface area contributed by atoms with Gasteiger partial charge in [-0.15, -0.1) is 11.8 Å². The number of thioether (sulfide) groups is 1. The van der Waals surface area contributed by atoms with Crippen LogP contribution in [0.15, 0.2) is 71.6 Å². The van der Waals surface area contributed by atoms with Gasteiger partial charge < -0.3 is 10.6 Å². The van der Waals surface area contributed by atoms with E-state index in [0.717, 1.165) is 10.5 Å². The second-order valence-corrected chi connectivity index (χ2v) is 9.05. The molecule has 2 N–H and O–H groups in total. The summed E-state index contributed by atoms with van der Waals surface area (Å²) in [5.74, 6) is -0.350. The summed E-state index contributed by atoms with van der Waals surface area (Å²) in [5.41, 5.74) is 2.83. The molecule has 4 nitrogen and oxygen atoms in total. The molecule has 1 atom stereocenters. The predicted octanol–water partition coefficient (Wildman–Crippen LogP) is 6.67. The van der Waals surface area contributed by atoms with E-state index in [2.05, 4.69) is 10.6 Å². The Morgan fingerprint density at radius 1 is 0.867 bits per heavy atom. The molecule has 0 saturated carbocycles. The Balaban J connectivity index is 1.64. The number of hydrogen-bond acceptors (Lipinski definition) is 3. The lowest BCUT2D eigenvalue weighted by Gasteiger charge is -2.13. The molecule has 0 fully saturated rings. The summed E-state index contributed by atoms with van der Waals surface area (Å²) in [4.78, 5) is 25.9. The molecule has 154 valence electrons. The van der Waals surface area contributed by atoms with Crippen molar-refractivity contribution in [2.24, 2.45) is 0 Å². The van der Waals surface area contributed by atoms with Crippen LogP contribution in [0.3, 0.4) is 0 Å². The Morgan fingerprint density at radius 2 is 1.57 bits per heavy atom. The third-order valence-corrected chi connectivity index (χ3v) is 5.71. The van der Waals surface area contributed by atoms with Crippen molar-refractivity contribution in [3.63, 3.8) is 0 Å². The third-order valence-electron chi connectivity index (χ3n) is 4.18. The van der Waals surface area contributed by atoms with Crippen LogP contribution in [0.2, 0.25) is 10.0 Å². The van der Waals surface area contributed by atoms with Crippen LogP contribution in [0.4, 0.5) is 11.4 Å². The summed E-state index contributed by atoms with van der Waals surface area (Å²) >= 11 is 13.3. The highest BCUT2D eigenvalue weighted by molar-refractivity contribution is 8.00. The maximum atomic E-state index is 12.5. The van der Waals surface area contributed by atoms with Crippen LogP contribution in [-0.4, -0.2) is 17.1 Å². The Hall–Kier alpha value is -2.47. The summed E-state index contributed by atoms with van der Waals surface area (Å²) in [7, 11) is 0. The average molecular weight is 459 g/mol. The molecule has 30 heavy (non-hydrogen) atoms. The molecule has 0 aliphatic rings. The van der Waals surface area contributed by atoms with Gasteiger partial charge in [-0.25, -0.2) is 0 Å². The highest BCUT2D eigenvalue weighted by Gasteiger charge is 2.16. The minimum absolute atomic E-state index is 0.174. The molecular formula is C23H20Cl2N2O2S. The first-order valence-electron chi connectivity index (χ1n) is 9.22. The van der Waals surface area contributed by atoms with E-state index in [0.29, 0.717) is 27.0 Å². The number of hydrogen-bond donors (Lipinski definition) is 2. The molecule has 0 bridgehead atoms. The normalized spacial score (nSPS) is 11.6. The van der Waals surface area contributed by atoms with E-state index >= 15 is 0 Å². The Kier molecular flexibility index (Phi) is 7.43. The molecule has 3 rings (SSSR count). The molecule has 0 aliphatic heterocycles. The smallest absolute Gasteiger partial charge is 0.255 e. The fourth-order valence-electron chi connectivity index (χ4n) is 2.76. The molecule has 0 aromatic heterocycles. The van der Waals surface area contributed by atoms with Gasteiger partial charge >= 0.3 is 0 Å². The van der Waals surface area contributed by atoms with Crippen LogP contribution < -0.4 is 10.6 Å². The van der Waals surface area contributed by atoms with Gasteiger partial charge in [0.05, 0.1) is 5.25 Å². The molecule has 1 unspecified atom stereocenters. The van der Waals surface area contributed by atoms with E-state index in [1.807, 2.05) is 56.3 Å². The number of halogens is 2. The number of carbonyl (C=O) groups excluding carboxylic acids is 2. The zero-order valence-electron chi connectivity index (χ0n) is 16.4. The summed E-state index contributed by atoms with van der Waals surface area (Å²) in [6, 6.07) is 19.7. The number of rotatable bonds is 6. The van der Waals surface area contributed by atoms with Crippen molar-refractivity contribution >= 4 is 58.2 Å². The molecule has 0 heterocycles. The summed E-state index contributed by atoms with van der Waals surface area (Å²) in [5, 5.41) is 6.26. The van der Waals surface area contributed by atoms with Gasteiger partial charge in [0.15, 0.2) is 0 Å². The summed E-state index contributed by atoms with van der Waals surface area (Å²) < 4.78 is 0. The van der Waals surface area contributed by atoms with E-state index in [1.165, 1.54) is 11.8 Å². The van der Waals surface area contributed by atoms with E-state index < -0.39 is 0 Å². The minimum atomic E-state index is -0.370. The van der Waals surface area contributed by atoms with Crippen LogP contribution in [0, 0.1) is 6.92 Å². The van der Waals surface area contributed by atoms with Crippen LogP contribution in [0.25, 0.3) is 0 Å². The SMILES string of the molecule is Cc1cccc(C(=O)Nc2cccc(SC(C)C(=O)Nc3cc(Cl)cc(Cl)c3)c2)c1. The first-order chi connectivity index (χ1) is 14.3. The van der Waals surface area contributed by atoms with Crippen LogP contribution in [-0.2, 0) is 4.79 Å². The van der Waals surface area contributed by atoms with E-state index in [4.69, 9.17) is 23.2 Å². The largest absolute Gasteiger partial charge is 0.325 e. The molecular weight excluding hydrogens is 439 g/mol. The monoisotopic (exact) mass is 458 g/mol. The Morgan fingerprint density at radius 3 is 2.27 bits per heavy atom. The average Bonchev–Trinajstić information content (AvgIpc) is 2.67. The summed E-state index contributed by atoms with van der Waals surface area (Å²) in [6.45, 7) is 3.75. The molecule has 3 aromatic carbocycles. The second kappa shape index (κ2) is 10.0. The van der Waals surface area contributed by atoms with Crippen molar-refractivity contribution in [2.75, 3.05) is 10.6 Å². The Bertz CT molecular complexity index is 1070. The maximum Gasteiger partial charge on any atom is 0.255 e. The predicted molar refractivity (Wildman–Crippen MR) is 126 cm³/mol. The lowest BCUT2D eigenvalue weighted by molar-refractivity contribution is -0.115. The molecule has 0 radical (unpaired) electrons. The van der Waals surface area contributed by atoms with Gasteiger partial charge in [-0.2, -0.15) is 0 Å². The summed E-state index contributed by atoms with van der Waals surface area (Å²) in [6.07, 6.45) is 0. The third kappa shape index (κ3) is 6.26. The van der Waals surface area contributed by atoms with E-state index in [9.17, 15) is 9.59 Å². The second-order valence-electron chi connectivity index (χ2n) is 6.76. The first-order valence-corrected chi connectivity index (χ1v) is 10.9. The lowest BCUT2D eigenvalue weighted by atomic mass is 10.1. The zero-order valence-corrected chi connectivity index (χ0v) is 18.7. The molecule has 2 amide bonds. The van der Waals surface area contributed by atoms with E-state index in [-0.39, 0.29) is 17.1 Å². The number of benzene rings is 3. The Labute approximate surface area is 190 Å². The molecule has 0 spiro atoms. The van der Waals surface area contributed by atoms with E-state index in [1.54, 1.807) is 24.3 Å². The number of anilines is 2. The van der Waals surface area contributed by atoms with Gasteiger partial charge in [-0.3, -0.25) is 9.59 Å². The van der Waals surface area contributed by atoms with Gasteiger partial charge in [0.1, 0.15) is 0 Å². The molecule has 7 heteroatoms. The van der Waals surface area contributed by atoms with Crippen molar-refractivity contribution in [3.8, 4) is 0 Å². The molecule has 3 aromatic rings. The topological polar surface area (TPSA) is 58.2 Å². The van der Waals surface area contributed by atoms with Crippen LogP contribution in [0.1, 0.15) is 22.8 Å². The fraction of sp³-hybridized carbons (Fsp3) is 0.130. The van der Waals surface area contributed by atoms with Crippen molar-refractivity contribution < 1.29 is 9.59 Å². The number of nitrogens with one attached hydrogen (secondary N) is 2. The number of aryl methyl sites for hydroxylation is 1. The molecule has 0 aliphatic carbocycles. The zero-order chi connectivity index (χ0) is 21.7. The highest BCUT2D eigenvalue weighted by Crippen LogP contribution is 2.28. The van der Waals surface area contributed by atoms with Gasteiger partial charge in [-0.1, -0.05) is 47.0 Å². The highest BCUT2D eigenvalue weighted by atomic mass is 35.5. The maximum absolute atomic E-state index is 12.5. The fourth-order valence-corrected chi connectivity index (χ4v) is 4.22. The lowest BCUT2D eigenvalue weighted by Crippen LogP contribution is -2.22. The van der Waals surface area contributed by atoms with Gasteiger partial charge in [-0.05, 0) is 62.4 Å². The van der Waals surface area contributed by atoms with Gasteiger partial charge in [0, 0.05) is 31.9 Å². The van der Waals surface area contributed by atoms with Crippen LogP contribution in [0.5, 0.6) is 0 Å². The van der Waals surface area contributed by atoms with Gasteiger partial charge in [0.25, 0.3) is 5.91 Å². The van der Waals surface area contributed by atoms with Crippen molar-refractivity contribution in [2.45, 2.75) is 24.0 Å². The van der Waals surface area contributed by atoms with Crippen molar-refractivity contribution in [3.05, 3.63) is 87.9 Å². The van der Waals surface area contributed by atoms with Crippen LogP contribution >= 0.6 is 35.0 Å². The van der Waals surface area contributed by atoms with Crippen molar-refractivity contribution in [1.29, 1.82) is 0 Å².